The second-order valence-electron chi connectivity index (χ2n) is 3.80. The fourth-order valence-corrected chi connectivity index (χ4v) is 1.59. The Balaban J connectivity index is 2.92. The summed E-state index contributed by atoms with van der Waals surface area (Å²) in [5.74, 6) is 0.629. The number of ether oxygens (including phenoxy) is 1. The molecule has 4 heteroatoms. The van der Waals surface area contributed by atoms with Crippen LogP contribution in [-0.4, -0.2) is 20.7 Å². The standard InChI is InChI=1S/C12H17N3O/c1-9(7-13)8-15(2)10-5-4-6-11(16-3)12(10)14/h4-6,9H,8,14H2,1-3H3. The first kappa shape index (κ1) is 12.2. The van der Waals surface area contributed by atoms with Crippen molar-refractivity contribution in [2.75, 3.05) is 31.3 Å². The van der Waals surface area contributed by atoms with Crippen LogP contribution in [0.5, 0.6) is 5.75 Å². The van der Waals surface area contributed by atoms with Gasteiger partial charge >= 0.3 is 0 Å². The zero-order chi connectivity index (χ0) is 12.1. The van der Waals surface area contributed by atoms with Gasteiger partial charge in [-0.3, -0.25) is 0 Å². The van der Waals surface area contributed by atoms with Gasteiger partial charge in [0.1, 0.15) is 5.75 Å². The number of hydrogen-bond donors (Lipinski definition) is 1. The number of nitrogen functional groups attached to an aromatic ring is 1. The van der Waals surface area contributed by atoms with Gasteiger partial charge in [0, 0.05) is 13.6 Å². The van der Waals surface area contributed by atoms with Crippen LogP contribution in [0.2, 0.25) is 0 Å². The molecule has 16 heavy (non-hydrogen) atoms. The molecular formula is C12H17N3O. The van der Waals surface area contributed by atoms with Crippen LogP contribution in [-0.2, 0) is 0 Å². The summed E-state index contributed by atoms with van der Waals surface area (Å²) in [5.41, 5.74) is 7.46. The molecule has 1 aromatic rings. The predicted octanol–water partition coefficient (Wildman–Crippen LogP) is 1.87. The molecule has 86 valence electrons. The minimum Gasteiger partial charge on any atom is -0.495 e. The van der Waals surface area contributed by atoms with E-state index in [1.165, 1.54) is 0 Å². The second kappa shape index (κ2) is 5.26. The molecule has 0 spiro atoms. The smallest absolute Gasteiger partial charge is 0.143 e. The van der Waals surface area contributed by atoms with Crippen molar-refractivity contribution in [2.24, 2.45) is 5.92 Å². The van der Waals surface area contributed by atoms with Crippen LogP contribution in [0, 0.1) is 17.2 Å². The molecule has 0 fully saturated rings. The van der Waals surface area contributed by atoms with Crippen molar-refractivity contribution >= 4 is 11.4 Å². The summed E-state index contributed by atoms with van der Waals surface area (Å²) >= 11 is 0. The highest BCUT2D eigenvalue weighted by atomic mass is 16.5. The minimum atomic E-state index is -0.0319. The van der Waals surface area contributed by atoms with Crippen LogP contribution in [0.1, 0.15) is 6.92 Å². The fourth-order valence-electron chi connectivity index (χ4n) is 1.59. The average Bonchev–Trinajstić information content (AvgIpc) is 2.29. The first-order valence-corrected chi connectivity index (χ1v) is 5.13. The van der Waals surface area contributed by atoms with Gasteiger partial charge in [-0.2, -0.15) is 5.26 Å². The maximum Gasteiger partial charge on any atom is 0.143 e. The molecule has 0 amide bonds. The van der Waals surface area contributed by atoms with E-state index in [-0.39, 0.29) is 5.92 Å². The molecule has 0 aliphatic carbocycles. The Morgan fingerprint density at radius 2 is 2.25 bits per heavy atom. The summed E-state index contributed by atoms with van der Waals surface area (Å²) in [7, 11) is 3.51. The lowest BCUT2D eigenvalue weighted by molar-refractivity contribution is 0.417. The molecule has 0 bridgehead atoms. The van der Waals surface area contributed by atoms with Gasteiger partial charge in [-0.25, -0.2) is 0 Å². The second-order valence-corrected chi connectivity index (χ2v) is 3.80. The van der Waals surface area contributed by atoms with Gasteiger partial charge in [-0.15, -0.1) is 0 Å². The molecule has 0 aliphatic rings. The molecule has 1 rings (SSSR count). The molecule has 0 radical (unpaired) electrons. The zero-order valence-electron chi connectivity index (χ0n) is 9.90. The quantitative estimate of drug-likeness (QED) is 0.785. The van der Waals surface area contributed by atoms with Gasteiger partial charge < -0.3 is 15.4 Å². The monoisotopic (exact) mass is 219 g/mol. The summed E-state index contributed by atoms with van der Waals surface area (Å²) in [5, 5.41) is 8.77. The van der Waals surface area contributed by atoms with E-state index >= 15 is 0 Å². The molecule has 1 aromatic carbocycles. The Morgan fingerprint density at radius 1 is 1.56 bits per heavy atom. The van der Waals surface area contributed by atoms with Crippen LogP contribution in [0.3, 0.4) is 0 Å². The van der Waals surface area contributed by atoms with Crippen molar-refractivity contribution in [1.82, 2.24) is 0 Å². The number of anilines is 2. The minimum absolute atomic E-state index is 0.0319. The molecular weight excluding hydrogens is 202 g/mol. The lowest BCUT2D eigenvalue weighted by Gasteiger charge is -2.22. The van der Waals surface area contributed by atoms with Crippen LogP contribution in [0.15, 0.2) is 18.2 Å². The Hall–Kier alpha value is -1.89. The topological polar surface area (TPSA) is 62.3 Å². The van der Waals surface area contributed by atoms with Gasteiger partial charge in [0.25, 0.3) is 0 Å². The van der Waals surface area contributed by atoms with Crippen LogP contribution in [0.25, 0.3) is 0 Å². The van der Waals surface area contributed by atoms with Gasteiger partial charge in [-0.1, -0.05) is 6.07 Å². The van der Waals surface area contributed by atoms with Crippen LogP contribution in [0.4, 0.5) is 11.4 Å². The molecule has 1 unspecified atom stereocenters. The highest BCUT2D eigenvalue weighted by Crippen LogP contribution is 2.31. The number of benzene rings is 1. The molecule has 0 aliphatic heterocycles. The first-order valence-electron chi connectivity index (χ1n) is 5.13. The van der Waals surface area contributed by atoms with Crippen LogP contribution >= 0.6 is 0 Å². The van der Waals surface area contributed by atoms with Crippen LogP contribution < -0.4 is 15.4 Å². The van der Waals surface area contributed by atoms with Gasteiger partial charge in [0.2, 0.25) is 0 Å². The van der Waals surface area contributed by atoms with Gasteiger partial charge in [0.05, 0.1) is 30.5 Å². The summed E-state index contributed by atoms with van der Waals surface area (Å²) in [6, 6.07) is 7.83. The maximum absolute atomic E-state index is 8.77. The normalized spacial score (nSPS) is 11.6. The Kier molecular flexibility index (Phi) is 4.01. The SMILES string of the molecule is COc1cccc(N(C)CC(C)C#N)c1N. The maximum atomic E-state index is 8.77. The molecule has 0 aromatic heterocycles. The van der Waals surface area contributed by atoms with E-state index < -0.39 is 0 Å². The number of nitriles is 1. The van der Waals surface area contributed by atoms with Crippen molar-refractivity contribution < 1.29 is 4.74 Å². The highest BCUT2D eigenvalue weighted by Gasteiger charge is 2.11. The van der Waals surface area contributed by atoms with E-state index in [0.717, 1.165) is 5.69 Å². The van der Waals surface area contributed by atoms with Gasteiger partial charge in [-0.05, 0) is 19.1 Å². The third kappa shape index (κ3) is 2.57. The average molecular weight is 219 g/mol. The predicted molar refractivity (Wildman–Crippen MR) is 65.5 cm³/mol. The van der Waals surface area contributed by atoms with E-state index in [1.807, 2.05) is 37.1 Å². The van der Waals surface area contributed by atoms with E-state index in [0.29, 0.717) is 18.0 Å². The third-order valence-corrected chi connectivity index (χ3v) is 2.44. The van der Waals surface area contributed by atoms with Crippen molar-refractivity contribution in [3.05, 3.63) is 18.2 Å². The first-order chi connectivity index (χ1) is 7.60. The largest absolute Gasteiger partial charge is 0.495 e. The summed E-state index contributed by atoms with van der Waals surface area (Å²) in [6.45, 7) is 2.53. The number of hydrogen-bond acceptors (Lipinski definition) is 4. The Morgan fingerprint density at radius 3 is 2.81 bits per heavy atom. The van der Waals surface area contributed by atoms with E-state index in [9.17, 15) is 0 Å². The fraction of sp³-hybridized carbons (Fsp3) is 0.417. The van der Waals surface area contributed by atoms with E-state index in [2.05, 4.69) is 6.07 Å². The number of methoxy groups -OCH3 is 1. The van der Waals surface area contributed by atoms with Crippen molar-refractivity contribution in [2.45, 2.75) is 6.92 Å². The van der Waals surface area contributed by atoms with Gasteiger partial charge in [0.15, 0.2) is 0 Å². The molecule has 0 heterocycles. The zero-order valence-corrected chi connectivity index (χ0v) is 9.90. The Labute approximate surface area is 96.2 Å². The highest BCUT2D eigenvalue weighted by molar-refractivity contribution is 5.73. The summed E-state index contributed by atoms with van der Waals surface area (Å²) in [6.07, 6.45) is 0. The number of rotatable bonds is 4. The van der Waals surface area contributed by atoms with Crippen molar-refractivity contribution in [3.63, 3.8) is 0 Å². The third-order valence-electron chi connectivity index (χ3n) is 2.44. The molecule has 1 atom stereocenters. The van der Waals surface area contributed by atoms with E-state index in [1.54, 1.807) is 7.11 Å². The molecule has 0 saturated carbocycles. The number of para-hydroxylation sites is 1. The number of nitrogens with zero attached hydrogens (tertiary/aromatic N) is 2. The van der Waals surface area contributed by atoms with Crippen molar-refractivity contribution in [1.29, 1.82) is 5.26 Å². The number of nitrogens with two attached hydrogens (primary N) is 1. The van der Waals surface area contributed by atoms with E-state index in [4.69, 9.17) is 15.7 Å². The summed E-state index contributed by atoms with van der Waals surface area (Å²) in [4.78, 5) is 1.96. The molecule has 2 N–H and O–H groups in total. The lowest BCUT2D eigenvalue weighted by atomic mass is 10.1. The molecule has 0 saturated heterocycles. The molecule has 4 nitrogen and oxygen atoms in total. The lowest BCUT2D eigenvalue weighted by Crippen LogP contribution is -2.24. The summed E-state index contributed by atoms with van der Waals surface area (Å²) < 4.78 is 5.15. The Bertz CT molecular complexity index is 398. The van der Waals surface area contributed by atoms with Crippen molar-refractivity contribution in [3.8, 4) is 11.8 Å².